The molecule has 464 valence electrons. The average Bonchev–Trinajstić information content (AvgIpc) is 1.70. The Morgan fingerprint density at radius 1 is 0.674 bits per heavy atom. The van der Waals surface area contributed by atoms with Crippen LogP contribution in [0, 0.1) is 5.92 Å². The number of halogens is 4. The number of ether oxygens (including phenoxy) is 5. The molecule has 0 radical (unpaired) electrons. The number of likely N-dealkylation sites (tertiary alicyclic amines) is 1. The first kappa shape index (κ1) is 64.5. The Hall–Kier alpha value is -7.50. The van der Waals surface area contributed by atoms with Crippen LogP contribution in [0.3, 0.4) is 0 Å². The van der Waals surface area contributed by atoms with Crippen LogP contribution in [-0.2, 0) is 34.2 Å². The second-order valence-electron chi connectivity index (χ2n) is 27.0. The van der Waals surface area contributed by atoms with Gasteiger partial charge in [-0.3, -0.25) is 19.4 Å². The largest absolute Gasteiger partial charge is 0.444 e. The molecule has 8 aromatic rings. The lowest BCUT2D eigenvalue weighted by Crippen LogP contribution is -2.52. The van der Waals surface area contributed by atoms with Gasteiger partial charge in [-0.1, -0.05) is 39.3 Å². The van der Waals surface area contributed by atoms with Crippen LogP contribution in [0.4, 0.5) is 22.4 Å². The van der Waals surface area contributed by atoms with Crippen LogP contribution >= 0.6 is 0 Å². The first-order valence-corrected chi connectivity index (χ1v) is 35.9. The topological polar surface area (TPSA) is 233 Å². The number of nitrogens with zero attached hydrogens (tertiary/aromatic N) is 10. The van der Waals surface area contributed by atoms with E-state index in [1.807, 2.05) is 62.3 Å². The fourth-order valence-electron chi connectivity index (χ4n) is 9.19. The maximum absolute atomic E-state index is 13.5. The van der Waals surface area contributed by atoms with Crippen molar-refractivity contribution in [3.8, 4) is 34.3 Å². The molecule has 1 aliphatic heterocycles. The van der Waals surface area contributed by atoms with Gasteiger partial charge in [-0.15, -0.1) is 0 Å². The van der Waals surface area contributed by atoms with E-state index in [-0.39, 0.29) is 48.8 Å². The molecule has 1 aliphatic rings. The van der Waals surface area contributed by atoms with Crippen molar-refractivity contribution in [2.75, 3.05) is 26.3 Å². The summed E-state index contributed by atoms with van der Waals surface area (Å²) in [4.78, 5) is 59.7. The van der Waals surface area contributed by atoms with Gasteiger partial charge >= 0.3 is 19.3 Å². The highest BCUT2D eigenvalue weighted by molar-refractivity contribution is 6.76. The Balaban J connectivity index is 0.000000232. The Kier molecular flexibility index (Phi) is 19.1. The zero-order valence-corrected chi connectivity index (χ0v) is 53.6. The fourth-order valence-corrected chi connectivity index (χ4v) is 10.7. The molecule has 0 aliphatic carbocycles. The van der Waals surface area contributed by atoms with E-state index in [4.69, 9.17) is 39.0 Å². The van der Waals surface area contributed by atoms with Crippen molar-refractivity contribution in [2.45, 2.75) is 164 Å². The van der Waals surface area contributed by atoms with Crippen molar-refractivity contribution in [1.29, 1.82) is 0 Å². The third-order valence-corrected chi connectivity index (χ3v) is 16.7. The van der Waals surface area contributed by atoms with Gasteiger partial charge in [-0.25, -0.2) is 24.7 Å². The number of aromatic amines is 1. The number of H-pyrrole nitrogens is 1. The molecular formula is C59H79F4N13O8Si2. The van der Waals surface area contributed by atoms with Crippen molar-refractivity contribution in [3.63, 3.8) is 0 Å². The predicted octanol–water partition coefficient (Wildman–Crippen LogP) is 12.2. The molecule has 3 amide bonds. The number of carbonyl (C=O) groups is 3. The van der Waals surface area contributed by atoms with Crippen LogP contribution in [0.25, 0.3) is 66.9 Å². The number of benzene rings is 2. The van der Waals surface area contributed by atoms with Gasteiger partial charge < -0.3 is 48.4 Å². The first-order chi connectivity index (χ1) is 40.1. The highest BCUT2D eigenvalue weighted by Gasteiger charge is 2.35. The maximum atomic E-state index is 13.5. The SMILES string of the molecule is CC(C)(C)NC(=O)c1cn(COCC[Si](C)(C)C)c2ncc(-c3n[nH]c4ccc(OC(F)F)cc34)nc12.CC(C)(C)NC(=O)c1cn(COCC[Si](C)(C)C)c2ncc(-c3nn(CC4CN(C(=O)OC(C)(C)C)C4)c4ccc(OC(F)F)cc34)nc12. The second kappa shape index (κ2) is 25.5. The van der Waals surface area contributed by atoms with Crippen molar-refractivity contribution in [1.82, 2.24) is 64.6 Å². The van der Waals surface area contributed by atoms with Gasteiger partial charge in [0.2, 0.25) is 0 Å². The van der Waals surface area contributed by atoms with E-state index in [1.54, 1.807) is 55.6 Å². The minimum absolute atomic E-state index is 0.00560. The molecule has 0 bridgehead atoms. The van der Waals surface area contributed by atoms with Crippen molar-refractivity contribution < 1.29 is 55.6 Å². The molecule has 0 unspecified atom stereocenters. The van der Waals surface area contributed by atoms with E-state index in [9.17, 15) is 31.9 Å². The number of nitrogens with one attached hydrogen (secondary N) is 3. The average molecular weight is 1230 g/mol. The summed E-state index contributed by atoms with van der Waals surface area (Å²) in [5, 5.41) is 19.1. The Morgan fingerprint density at radius 3 is 1.62 bits per heavy atom. The number of rotatable bonds is 20. The summed E-state index contributed by atoms with van der Waals surface area (Å²) in [6.45, 7) is 27.7. The summed E-state index contributed by atoms with van der Waals surface area (Å²) in [7, 11) is -2.55. The summed E-state index contributed by atoms with van der Waals surface area (Å²) in [5.41, 5.74) is 3.71. The van der Waals surface area contributed by atoms with E-state index >= 15 is 0 Å². The van der Waals surface area contributed by atoms with Gasteiger partial charge in [0.25, 0.3) is 11.8 Å². The number of fused-ring (bicyclic) bond motifs is 4. The second-order valence-corrected chi connectivity index (χ2v) is 38.2. The Labute approximate surface area is 498 Å². The molecule has 3 N–H and O–H groups in total. The van der Waals surface area contributed by atoms with Crippen LogP contribution in [0.2, 0.25) is 51.4 Å². The van der Waals surface area contributed by atoms with Crippen LogP contribution in [-0.4, -0.2) is 144 Å². The van der Waals surface area contributed by atoms with Crippen LogP contribution in [0.15, 0.2) is 61.2 Å². The van der Waals surface area contributed by atoms with Gasteiger partial charge in [0.15, 0.2) is 11.3 Å². The monoisotopic (exact) mass is 1230 g/mol. The number of carbonyl (C=O) groups excluding carboxylic acids is 3. The molecule has 21 nitrogen and oxygen atoms in total. The highest BCUT2D eigenvalue weighted by Crippen LogP contribution is 2.35. The van der Waals surface area contributed by atoms with Crippen molar-refractivity contribution >= 4 is 78.2 Å². The molecule has 6 aromatic heterocycles. The number of aromatic nitrogens is 10. The first-order valence-electron chi connectivity index (χ1n) is 28.5. The molecule has 1 saturated heterocycles. The maximum Gasteiger partial charge on any atom is 0.410 e. The molecule has 9 rings (SSSR count). The number of hydrogen-bond donors (Lipinski definition) is 3. The van der Waals surface area contributed by atoms with Crippen molar-refractivity contribution in [3.05, 3.63) is 72.3 Å². The Bertz CT molecular complexity index is 3730. The van der Waals surface area contributed by atoms with Gasteiger partial charge in [0.05, 0.1) is 34.6 Å². The van der Waals surface area contributed by atoms with Crippen LogP contribution in [0.5, 0.6) is 11.5 Å². The molecule has 0 spiro atoms. The minimum atomic E-state index is -3.00. The normalized spacial score (nSPS) is 13.7. The molecule has 86 heavy (non-hydrogen) atoms. The standard InChI is InChI=1S/C34H47F2N7O5Si.C25H32F2N6O3Si/c1-33(2,3)39-30(44)24-19-42(20-46-12-13-49(7,8)9)29-28(24)38-25(15-37-29)27-23-14-22(47-31(35)36)10-11-26(23)43(40-27)18-21-16-41(17-21)32(45)48-34(4,5)6;1-25(2,3)30-23(34)17-13-33(14-35-9-10-37(4,5)6)22-21(17)29-19(12-28-22)20-16-11-15(36-24(26)27)7-8-18(16)31-32-20/h10-11,14-15,19,21,31H,12-13,16-18,20H2,1-9H3,(H,39,44);7-8,11-13,24H,9-10,14H2,1-6H3,(H,30,34)(H,31,32). The molecule has 0 saturated carbocycles. The number of hydrogen-bond acceptors (Lipinski definition) is 14. The molecule has 1 fully saturated rings. The van der Waals surface area contributed by atoms with Gasteiger partial charge in [-0.2, -0.15) is 27.8 Å². The number of amides is 3. The smallest absolute Gasteiger partial charge is 0.410 e. The highest BCUT2D eigenvalue weighted by atomic mass is 28.3. The predicted molar refractivity (Wildman–Crippen MR) is 326 cm³/mol. The third-order valence-electron chi connectivity index (χ3n) is 13.3. The van der Waals surface area contributed by atoms with E-state index in [0.717, 1.165) is 12.1 Å². The summed E-state index contributed by atoms with van der Waals surface area (Å²) >= 11 is 0. The summed E-state index contributed by atoms with van der Waals surface area (Å²) in [6.07, 6.45) is 6.13. The van der Waals surface area contributed by atoms with Crippen molar-refractivity contribution in [2.24, 2.45) is 5.92 Å². The van der Waals surface area contributed by atoms with E-state index < -0.39 is 46.0 Å². The van der Waals surface area contributed by atoms with Gasteiger partial charge in [0, 0.05) is 89.2 Å². The van der Waals surface area contributed by atoms with Crippen LogP contribution < -0.4 is 20.1 Å². The van der Waals surface area contributed by atoms with Gasteiger partial charge in [0.1, 0.15) is 64.4 Å². The lowest BCUT2D eigenvalue weighted by atomic mass is 10.0. The molecule has 7 heterocycles. The lowest BCUT2D eigenvalue weighted by Gasteiger charge is -2.39. The summed E-state index contributed by atoms with van der Waals surface area (Å²) < 4.78 is 83.9. The summed E-state index contributed by atoms with van der Waals surface area (Å²) in [6, 6.07) is 11.2. The molecule has 0 atom stereocenters. The number of alkyl halides is 4. The van der Waals surface area contributed by atoms with Gasteiger partial charge in [-0.05, 0) is 111 Å². The fraction of sp³-hybridized carbons (Fsp3) is 0.508. The molecule has 2 aromatic carbocycles. The minimum Gasteiger partial charge on any atom is -0.444 e. The lowest BCUT2D eigenvalue weighted by molar-refractivity contribution is -0.0504. The molecule has 27 heteroatoms. The Morgan fingerprint density at radius 2 is 1.15 bits per heavy atom. The summed E-state index contributed by atoms with van der Waals surface area (Å²) in [5.74, 6) is -0.525. The quantitative estimate of drug-likeness (QED) is 0.0366. The third kappa shape index (κ3) is 16.9. The molecular weight excluding hydrogens is 1150 g/mol. The van der Waals surface area contributed by atoms with Crippen LogP contribution in [0.1, 0.15) is 83.0 Å². The zero-order chi connectivity index (χ0) is 62.8. The van der Waals surface area contributed by atoms with E-state index in [0.29, 0.717) is 111 Å². The van der Waals surface area contributed by atoms with E-state index in [2.05, 4.69) is 69.8 Å². The zero-order valence-electron chi connectivity index (χ0n) is 51.6. The van der Waals surface area contributed by atoms with E-state index in [1.165, 1.54) is 24.3 Å².